The smallest absolute Gasteiger partial charge is 0.429 e. The molecule has 1 rings (SSSR count). The zero-order chi connectivity index (χ0) is 15.1. The first-order valence-corrected chi connectivity index (χ1v) is 5.55. The summed E-state index contributed by atoms with van der Waals surface area (Å²) < 4.78 is 74.8. The third-order valence-electron chi connectivity index (χ3n) is 2.22. The molecule has 0 aliphatic rings. The number of halogens is 7. The van der Waals surface area contributed by atoms with Gasteiger partial charge in [0.05, 0.1) is 0 Å². The third kappa shape index (κ3) is 3.07. The lowest BCUT2D eigenvalue weighted by atomic mass is 10.2. The molecular weight excluding hydrogens is 344 g/mol. The highest BCUT2D eigenvalue weighted by Crippen LogP contribution is 2.50. The average molecular weight is 352 g/mol. The summed E-state index contributed by atoms with van der Waals surface area (Å²) in [7, 11) is 0. The summed E-state index contributed by atoms with van der Waals surface area (Å²) in [6.07, 6.45) is -11.0. The fraction of sp³-hybridized carbons (Fsp3) is 0.400. The molecule has 9 heteroatoms. The highest BCUT2D eigenvalue weighted by atomic mass is 79.9. The van der Waals surface area contributed by atoms with Gasteiger partial charge in [-0.1, -0.05) is 6.07 Å². The van der Waals surface area contributed by atoms with E-state index in [-0.39, 0.29) is 5.69 Å². The molecular formula is C10H8BrF6NO. The van der Waals surface area contributed by atoms with E-state index in [1.165, 1.54) is 22.0 Å². The molecule has 108 valence electrons. The van der Waals surface area contributed by atoms with Gasteiger partial charge < -0.3 is 10.5 Å². The number of nitrogen functional groups attached to an aromatic ring is 1. The molecule has 0 bridgehead atoms. The van der Waals surface area contributed by atoms with Crippen molar-refractivity contribution >= 4 is 21.6 Å². The molecule has 0 spiro atoms. The van der Waals surface area contributed by atoms with E-state index in [0.717, 1.165) is 12.1 Å². The number of rotatable bonds is 3. The fourth-order valence-corrected chi connectivity index (χ4v) is 1.14. The molecule has 1 unspecified atom stereocenters. The largest absolute Gasteiger partial charge is 0.453 e. The van der Waals surface area contributed by atoms with Crippen molar-refractivity contribution in [3.05, 3.63) is 23.8 Å². The predicted octanol–water partition coefficient (Wildman–Crippen LogP) is 4.17. The summed E-state index contributed by atoms with van der Waals surface area (Å²) >= 11 is 1.32. The lowest BCUT2D eigenvalue weighted by Gasteiger charge is -2.29. The van der Waals surface area contributed by atoms with Crippen molar-refractivity contribution in [3.8, 4) is 5.75 Å². The predicted molar refractivity (Wildman–Crippen MR) is 60.0 cm³/mol. The number of nitrogens with two attached hydrogens (primary N) is 1. The normalized spacial score (nSPS) is 16.0. The van der Waals surface area contributed by atoms with Gasteiger partial charge in [0, 0.05) is 11.8 Å². The van der Waals surface area contributed by atoms with Crippen molar-refractivity contribution < 1.29 is 31.1 Å². The number of ether oxygens (including phenoxy) is 1. The quantitative estimate of drug-likeness (QED) is 0.504. The van der Waals surface area contributed by atoms with Crippen LogP contribution in [-0.2, 0) is 0 Å². The standard InChI is InChI=1S/C10H8BrF6NO/c1-5-2-3-6(4-7(5)18)19-10(16,17)8(11,12)9(13,14)15/h2-4H,18H2,1H3. The number of anilines is 1. The van der Waals surface area contributed by atoms with Gasteiger partial charge >= 0.3 is 16.9 Å². The first-order valence-electron chi connectivity index (χ1n) is 4.76. The van der Waals surface area contributed by atoms with Crippen LogP contribution in [0.5, 0.6) is 5.75 Å². The Bertz CT molecular complexity index is 474. The fourth-order valence-electron chi connectivity index (χ4n) is 1.06. The van der Waals surface area contributed by atoms with E-state index in [1.807, 2.05) is 0 Å². The van der Waals surface area contributed by atoms with Crippen molar-refractivity contribution in [1.29, 1.82) is 0 Å². The van der Waals surface area contributed by atoms with Crippen molar-refractivity contribution in [3.63, 3.8) is 0 Å². The van der Waals surface area contributed by atoms with Crippen molar-refractivity contribution in [2.45, 2.75) is 23.8 Å². The van der Waals surface area contributed by atoms with Gasteiger partial charge in [0.2, 0.25) is 0 Å². The first kappa shape index (κ1) is 15.9. The van der Waals surface area contributed by atoms with E-state index < -0.39 is 22.6 Å². The summed E-state index contributed by atoms with van der Waals surface area (Å²) in [5.74, 6) is -0.682. The minimum Gasteiger partial charge on any atom is -0.429 e. The minimum atomic E-state index is -5.85. The van der Waals surface area contributed by atoms with Gasteiger partial charge in [-0.15, -0.1) is 0 Å². The average Bonchev–Trinajstić information content (AvgIpc) is 2.21. The summed E-state index contributed by atoms with van der Waals surface area (Å²) in [6, 6.07) is 3.09. The van der Waals surface area contributed by atoms with E-state index in [9.17, 15) is 26.3 Å². The third-order valence-corrected chi connectivity index (χ3v) is 3.13. The van der Waals surface area contributed by atoms with Crippen LogP contribution >= 0.6 is 15.9 Å². The summed E-state index contributed by atoms with van der Waals surface area (Å²) in [6.45, 7) is 1.55. The van der Waals surface area contributed by atoms with Crippen molar-refractivity contribution in [2.24, 2.45) is 0 Å². The van der Waals surface area contributed by atoms with Crippen LogP contribution in [0, 0.1) is 6.92 Å². The molecule has 0 radical (unpaired) electrons. The second-order valence-corrected chi connectivity index (χ2v) is 4.80. The van der Waals surface area contributed by atoms with Crippen LogP contribution in [0.15, 0.2) is 18.2 Å². The Morgan fingerprint density at radius 1 is 1.11 bits per heavy atom. The lowest BCUT2D eigenvalue weighted by Crippen LogP contribution is -2.53. The monoisotopic (exact) mass is 351 g/mol. The lowest BCUT2D eigenvalue weighted by molar-refractivity contribution is -0.318. The first-order chi connectivity index (χ1) is 8.38. The van der Waals surface area contributed by atoms with Gasteiger partial charge in [-0.2, -0.15) is 22.0 Å². The highest BCUT2D eigenvalue weighted by molar-refractivity contribution is 9.10. The second kappa shape index (κ2) is 4.77. The van der Waals surface area contributed by atoms with Crippen molar-refractivity contribution in [2.75, 3.05) is 5.73 Å². The molecule has 2 nitrogen and oxygen atoms in total. The minimum absolute atomic E-state index is 0.0272. The molecule has 0 aliphatic heterocycles. The molecule has 0 amide bonds. The van der Waals surface area contributed by atoms with Gasteiger partial charge in [-0.25, -0.2) is 4.39 Å². The maximum atomic E-state index is 13.2. The Labute approximate surface area is 112 Å². The molecule has 19 heavy (non-hydrogen) atoms. The second-order valence-electron chi connectivity index (χ2n) is 3.71. The van der Waals surface area contributed by atoms with Crippen LogP contribution in [0.2, 0.25) is 0 Å². The van der Waals surface area contributed by atoms with Crippen LogP contribution in [-0.4, -0.2) is 16.9 Å². The Balaban J connectivity index is 3.05. The topological polar surface area (TPSA) is 35.2 Å². The molecule has 0 saturated carbocycles. The van der Waals surface area contributed by atoms with Crippen LogP contribution in [0.4, 0.5) is 32.0 Å². The Morgan fingerprint density at radius 2 is 1.63 bits per heavy atom. The molecule has 1 aromatic carbocycles. The van der Waals surface area contributed by atoms with Gasteiger partial charge in [0.1, 0.15) is 5.75 Å². The molecule has 0 fully saturated rings. The number of hydrogen-bond donors (Lipinski definition) is 1. The maximum absolute atomic E-state index is 13.2. The Morgan fingerprint density at radius 3 is 2.05 bits per heavy atom. The number of alkyl halides is 7. The molecule has 0 saturated heterocycles. The van der Waals surface area contributed by atoms with E-state index >= 15 is 0 Å². The van der Waals surface area contributed by atoms with Crippen LogP contribution in [0.25, 0.3) is 0 Å². The zero-order valence-electron chi connectivity index (χ0n) is 9.36. The summed E-state index contributed by atoms with van der Waals surface area (Å²) in [5, 5.41) is 0. The zero-order valence-corrected chi connectivity index (χ0v) is 10.9. The molecule has 0 heterocycles. The van der Waals surface area contributed by atoms with E-state index in [2.05, 4.69) is 4.74 Å². The maximum Gasteiger partial charge on any atom is 0.453 e. The van der Waals surface area contributed by atoms with E-state index in [1.54, 1.807) is 6.92 Å². The van der Waals surface area contributed by atoms with Gasteiger partial charge in [-0.3, -0.25) is 0 Å². The number of hydrogen-bond acceptors (Lipinski definition) is 2. The van der Waals surface area contributed by atoms with Gasteiger partial charge in [-0.05, 0) is 34.5 Å². The SMILES string of the molecule is Cc1ccc(OC(F)(F)C(F)(Br)C(F)(F)F)cc1N. The molecule has 0 aromatic heterocycles. The Hall–Kier alpha value is -1.12. The van der Waals surface area contributed by atoms with Crippen LogP contribution < -0.4 is 10.5 Å². The molecule has 1 atom stereocenters. The van der Waals surface area contributed by atoms with Crippen molar-refractivity contribution in [1.82, 2.24) is 0 Å². The Kier molecular flexibility index (Phi) is 4.00. The van der Waals surface area contributed by atoms with Gasteiger partial charge in [0.25, 0.3) is 0 Å². The van der Waals surface area contributed by atoms with Crippen LogP contribution in [0.3, 0.4) is 0 Å². The number of aryl methyl sites for hydroxylation is 1. The molecule has 1 aromatic rings. The summed E-state index contributed by atoms with van der Waals surface area (Å²) in [5.41, 5.74) is 5.92. The number of benzene rings is 1. The van der Waals surface area contributed by atoms with Crippen LogP contribution in [0.1, 0.15) is 5.56 Å². The van der Waals surface area contributed by atoms with Gasteiger partial charge in [0.15, 0.2) is 0 Å². The molecule has 0 aliphatic carbocycles. The summed E-state index contributed by atoms with van der Waals surface area (Å²) in [4.78, 5) is 0. The highest BCUT2D eigenvalue weighted by Gasteiger charge is 2.72. The van der Waals surface area contributed by atoms with E-state index in [0.29, 0.717) is 5.56 Å². The van der Waals surface area contributed by atoms with E-state index in [4.69, 9.17) is 5.73 Å². The molecule has 2 N–H and O–H groups in total.